The molecule has 0 aliphatic rings. The largest absolute Gasteiger partial charge is 0.491 e. The smallest absolute Gasteiger partial charge is 0.387 e. The van der Waals surface area contributed by atoms with Crippen molar-refractivity contribution in [1.82, 2.24) is 9.55 Å². The standard InChI is InChI=1S/C35H38F2N2O5S/c1-3-17-39-25-38-23-30(39)24-45(41)33-14-5-26(6-15-33)21-31(40)11-7-29-22-28(10-16-34(29)44-35(36)37)27-8-12-32(13-9-27)43-20-19-42-18-4-2/h5-16,22-23,25,35H,3-4,17-21,24H2,1-2H3/b11-7+/t45-/m1/s1. The fraction of sp³-hybridized carbons (Fsp3) is 0.314. The van der Waals surface area contributed by atoms with Gasteiger partial charge in [-0.2, -0.15) is 8.78 Å². The van der Waals surface area contributed by atoms with Gasteiger partial charge >= 0.3 is 6.61 Å². The number of carbonyl (C=O) groups excluding carboxylic acids is 1. The molecule has 0 spiro atoms. The van der Waals surface area contributed by atoms with Crippen molar-refractivity contribution >= 4 is 22.7 Å². The molecule has 1 aromatic heterocycles. The molecule has 0 aliphatic heterocycles. The van der Waals surface area contributed by atoms with Crippen molar-refractivity contribution < 1.29 is 32.0 Å². The first-order valence-electron chi connectivity index (χ1n) is 14.9. The topological polar surface area (TPSA) is 79.7 Å². The van der Waals surface area contributed by atoms with Gasteiger partial charge in [-0.25, -0.2) is 4.98 Å². The number of hydrogen-bond acceptors (Lipinski definition) is 6. The molecule has 3 aromatic carbocycles. The highest BCUT2D eigenvalue weighted by atomic mass is 32.2. The zero-order valence-corrected chi connectivity index (χ0v) is 26.3. The number of ether oxygens (including phenoxy) is 3. The van der Waals surface area contributed by atoms with Gasteiger partial charge in [0.05, 0.1) is 35.2 Å². The van der Waals surface area contributed by atoms with Crippen molar-refractivity contribution in [3.8, 4) is 22.6 Å². The third kappa shape index (κ3) is 10.5. The third-order valence-electron chi connectivity index (χ3n) is 6.81. The quantitative estimate of drug-likeness (QED) is 0.0832. The lowest BCUT2D eigenvalue weighted by molar-refractivity contribution is -0.113. The predicted octanol–water partition coefficient (Wildman–Crippen LogP) is 7.50. The van der Waals surface area contributed by atoms with Crippen molar-refractivity contribution in [2.24, 2.45) is 0 Å². The Kier molecular flexibility index (Phi) is 13.0. The van der Waals surface area contributed by atoms with Crippen molar-refractivity contribution in [3.05, 3.63) is 102 Å². The van der Waals surface area contributed by atoms with Gasteiger partial charge in [-0.1, -0.05) is 44.2 Å². The molecule has 0 saturated carbocycles. The van der Waals surface area contributed by atoms with Gasteiger partial charge in [0.15, 0.2) is 5.78 Å². The second kappa shape index (κ2) is 17.4. The number of carbonyl (C=O) groups is 1. The molecule has 1 heterocycles. The zero-order valence-electron chi connectivity index (χ0n) is 25.5. The molecule has 0 fully saturated rings. The van der Waals surface area contributed by atoms with Gasteiger partial charge in [0, 0.05) is 36.2 Å². The summed E-state index contributed by atoms with van der Waals surface area (Å²) >= 11 is 0. The molecular weight excluding hydrogens is 598 g/mol. The van der Waals surface area contributed by atoms with E-state index in [1.165, 1.54) is 18.2 Å². The maximum atomic E-state index is 13.1. The maximum absolute atomic E-state index is 13.1. The van der Waals surface area contributed by atoms with Crippen LogP contribution in [0.2, 0.25) is 0 Å². The Labute approximate surface area is 265 Å². The molecule has 0 N–H and O–H groups in total. The van der Waals surface area contributed by atoms with Crippen molar-refractivity contribution in [2.45, 2.75) is 56.9 Å². The van der Waals surface area contributed by atoms with Crippen molar-refractivity contribution in [1.29, 1.82) is 0 Å². The van der Waals surface area contributed by atoms with Gasteiger partial charge in [-0.15, -0.1) is 0 Å². The number of rotatable bonds is 18. The highest BCUT2D eigenvalue weighted by molar-refractivity contribution is 7.84. The summed E-state index contributed by atoms with van der Waals surface area (Å²) in [5.41, 5.74) is 3.62. The van der Waals surface area contributed by atoms with Crippen LogP contribution in [-0.4, -0.2) is 46.0 Å². The van der Waals surface area contributed by atoms with E-state index in [2.05, 4.69) is 11.9 Å². The van der Waals surface area contributed by atoms with E-state index >= 15 is 0 Å². The lowest BCUT2D eigenvalue weighted by Gasteiger charge is -2.11. The summed E-state index contributed by atoms with van der Waals surface area (Å²) in [6, 6.07) is 19.4. The van der Waals surface area contributed by atoms with Crippen LogP contribution in [0.15, 0.2) is 90.2 Å². The van der Waals surface area contributed by atoms with Gasteiger partial charge in [0.1, 0.15) is 18.1 Å². The number of hydrogen-bond donors (Lipinski definition) is 0. The molecular formula is C35H38F2N2O5S. The van der Waals surface area contributed by atoms with E-state index in [-0.39, 0.29) is 18.0 Å². The van der Waals surface area contributed by atoms with Crippen LogP contribution in [0.1, 0.15) is 43.5 Å². The molecule has 4 rings (SSSR count). The maximum Gasteiger partial charge on any atom is 0.387 e. The van der Waals surface area contributed by atoms with Crippen LogP contribution in [0.3, 0.4) is 0 Å². The summed E-state index contributed by atoms with van der Waals surface area (Å²) in [6.07, 6.45) is 8.33. The Morgan fingerprint density at radius 1 is 0.956 bits per heavy atom. The van der Waals surface area contributed by atoms with Crippen molar-refractivity contribution in [3.63, 3.8) is 0 Å². The van der Waals surface area contributed by atoms with Crippen LogP contribution in [0.4, 0.5) is 8.78 Å². The monoisotopic (exact) mass is 636 g/mol. The molecule has 238 valence electrons. The summed E-state index contributed by atoms with van der Waals surface area (Å²) in [6.45, 7) is 3.58. The van der Waals surface area contributed by atoms with E-state index in [0.717, 1.165) is 41.8 Å². The molecule has 0 bridgehead atoms. The van der Waals surface area contributed by atoms with Gasteiger partial charge in [0.25, 0.3) is 0 Å². The molecule has 0 saturated heterocycles. The molecule has 0 amide bonds. The molecule has 4 aromatic rings. The van der Waals surface area contributed by atoms with Gasteiger partial charge in [-0.05, 0) is 78.1 Å². The molecule has 1 atom stereocenters. The molecule has 10 heteroatoms. The Hall–Kier alpha value is -4.15. The van der Waals surface area contributed by atoms with E-state index in [1.54, 1.807) is 48.9 Å². The Morgan fingerprint density at radius 3 is 2.42 bits per heavy atom. The molecule has 45 heavy (non-hydrogen) atoms. The second-order valence-corrected chi connectivity index (χ2v) is 11.8. The number of alkyl halides is 2. The number of halogens is 2. The number of aryl methyl sites for hydroxylation is 1. The average molecular weight is 637 g/mol. The summed E-state index contributed by atoms with van der Waals surface area (Å²) in [5.74, 6) is 0.804. The summed E-state index contributed by atoms with van der Waals surface area (Å²) in [7, 11) is -1.25. The number of nitrogens with zero attached hydrogens (tertiary/aromatic N) is 2. The third-order valence-corrected chi connectivity index (χ3v) is 8.17. The van der Waals surface area contributed by atoms with Crippen LogP contribution >= 0.6 is 0 Å². The summed E-state index contributed by atoms with van der Waals surface area (Å²) < 4.78 is 57.0. The number of ketones is 1. The van der Waals surface area contributed by atoms with E-state index in [9.17, 15) is 17.8 Å². The van der Waals surface area contributed by atoms with E-state index in [1.807, 2.05) is 35.8 Å². The fourth-order valence-electron chi connectivity index (χ4n) is 4.60. The van der Waals surface area contributed by atoms with Gasteiger partial charge < -0.3 is 18.8 Å². The zero-order chi connectivity index (χ0) is 32.0. The first-order valence-corrected chi connectivity index (χ1v) is 16.2. The second-order valence-electron chi connectivity index (χ2n) is 10.3. The first kappa shape index (κ1) is 33.7. The SMILES string of the molecule is CCCOCCOc1ccc(-c2ccc(OC(F)F)c(/C=C/C(=O)Cc3ccc([S@](=O)Cc4cncn4CCC)cc3)c2)cc1. The Bertz CT molecular complexity index is 1570. The predicted molar refractivity (Wildman–Crippen MR) is 172 cm³/mol. The van der Waals surface area contributed by atoms with Gasteiger partial charge in [-0.3, -0.25) is 9.00 Å². The minimum atomic E-state index is -3.01. The lowest BCUT2D eigenvalue weighted by Crippen LogP contribution is -2.06. The van der Waals surface area contributed by atoms with Crippen molar-refractivity contribution in [2.75, 3.05) is 19.8 Å². The van der Waals surface area contributed by atoms with Gasteiger partial charge in [0.2, 0.25) is 0 Å². The van der Waals surface area contributed by atoms with E-state index in [0.29, 0.717) is 41.8 Å². The highest BCUT2D eigenvalue weighted by Gasteiger charge is 2.12. The first-order chi connectivity index (χ1) is 21.9. The lowest BCUT2D eigenvalue weighted by atomic mass is 10.0. The minimum Gasteiger partial charge on any atom is -0.491 e. The van der Waals surface area contributed by atoms with E-state index in [4.69, 9.17) is 14.2 Å². The molecule has 0 radical (unpaired) electrons. The van der Waals surface area contributed by atoms with Crippen LogP contribution in [-0.2, 0) is 39.0 Å². The fourth-order valence-corrected chi connectivity index (χ4v) is 5.72. The number of benzene rings is 3. The number of aromatic nitrogens is 2. The number of allylic oxidation sites excluding steroid dienone is 1. The average Bonchev–Trinajstić information content (AvgIpc) is 3.47. The molecule has 7 nitrogen and oxygen atoms in total. The summed E-state index contributed by atoms with van der Waals surface area (Å²) in [4.78, 5) is 17.6. The molecule has 0 aliphatic carbocycles. The number of imidazole rings is 1. The van der Waals surface area contributed by atoms with Crippen LogP contribution in [0.5, 0.6) is 11.5 Å². The summed E-state index contributed by atoms with van der Waals surface area (Å²) in [5, 5.41) is 0. The van der Waals surface area contributed by atoms with E-state index < -0.39 is 17.4 Å². The van der Waals surface area contributed by atoms with Crippen LogP contribution in [0, 0.1) is 0 Å². The van der Waals surface area contributed by atoms with Crippen LogP contribution < -0.4 is 9.47 Å². The minimum absolute atomic E-state index is 0.0306. The molecule has 0 unspecified atom stereocenters. The Morgan fingerprint density at radius 2 is 1.71 bits per heavy atom. The normalized spacial score (nSPS) is 12.1. The highest BCUT2D eigenvalue weighted by Crippen LogP contribution is 2.30. The van der Waals surface area contributed by atoms with Crippen LogP contribution in [0.25, 0.3) is 17.2 Å². The Balaban J connectivity index is 1.39.